The predicted molar refractivity (Wildman–Crippen MR) is 78.4 cm³/mol. The first-order valence-electron chi connectivity index (χ1n) is 7.03. The third-order valence-corrected chi connectivity index (χ3v) is 3.52. The fraction of sp³-hybridized carbons (Fsp3) is 0.429. The number of urea groups is 1. The molecule has 2 saturated heterocycles. The minimum atomic E-state index is -0.456. The molecule has 0 aromatic heterocycles. The first-order valence-corrected chi connectivity index (χ1v) is 7.03. The molecular formula is C14H18N4O3. The van der Waals surface area contributed by atoms with Crippen molar-refractivity contribution in [2.75, 3.05) is 43.0 Å². The molecule has 3 amide bonds. The lowest BCUT2D eigenvalue weighted by molar-refractivity contribution is -0.128. The number of hydrogen-bond acceptors (Lipinski definition) is 4. The molecule has 7 heteroatoms. The maximum Gasteiger partial charge on any atom is 0.321 e. The molecule has 3 rings (SSSR count). The zero-order valence-corrected chi connectivity index (χ0v) is 11.6. The fourth-order valence-electron chi connectivity index (χ4n) is 2.40. The maximum atomic E-state index is 12.0. The van der Waals surface area contributed by atoms with Gasteiger partial charge in [0.05, 0.1) is 6.61 Å². The van der Waals surface area contributed by atoms with Gasteiger partial charge in [0, 0.05) is 37.6 Å². The molecule has 1 unspecified atom stereocenters. The highest BCUT2D eigenvalue weighted by Gasteiger charge is 2.23. The number of nitrogens with zero attached hydrogens (tertiary/aromatic N) is 1. The van der Waals surface area contributed by atoms with E-state index in [9.17, 15) is 9.59 Å². The molecule has 7 nitrogen and oxygen atoms in total. The summed E-state index contributed by atoms with van der Waals surface area (Å²) in [4.78, 5) is 25.2. The van der Waals surface area contributed by atoms with Crippen LogP contribution in [0.5, 0.6) is 0 Å². The van der Waals surface area contributed by atoms with E-state index in [4.69, 9.17) is 4.74 Å². The topological polar surface area (TPSA) is 82.7 Å². The van der Waals surface area contributed by atoms with Crippen LogP contribution >= 0.6 is 0 Å². The second-order valence-corrected chi connectivity index (χ2v) is 4.98. The van der Waals surface area contributed by atoms with Crippen LogP contribution in [-0.4, -0.2) is 50.8 Å². The number of carbonyl (C=O) groups excluding carboxylic acids is 2. The molecule has 112 valence electrons. The molecule has 3 N–H and O–H groups in total. The Morgan fingerprint density at radius 2 is 2.10 bits per heavy atom. The van der Waals surface area contributed by atoms with E-state index in [1.807, 2.05) is 12.1 Å². The Morgan fingerprint density at radius 3 is 2.71 bits per heavy atom. The van der Waals surface area contributed by atoms with Gasteiger partial charge in [0.25, 0.3) is 5.91 Å². The molecule has 0 aliphatic carbocycles. The van der Waals surface area contributed by atoms with Gasteiger partial charge in [-0.25, -0.2) is 4.79 Å². The van der Waals surface area contributed by atoms with Crippen molar-refractivity contribution in [3.05, 3.63) is 24.3 Å². The lowest BCUT2D eigenvalue weighted by Crippen LogP contribution is -2.45. The van der Waals surface area contributed by atoms with Crippen molar-refractivity contribution in [1.29, 1.82) is 0 Å². The normalized spacial score (nSPS) is 22.0. The van der Waals surface area contributed by atoms with Gasteiger partial charge in [-0.2, -0.15) is 0 Å². The van der Waals surface area contributed by atoms with Crippen molar-refractivity contribution in [1.82, 2.24) is 10.6 Å². The Morgan fingerprint density at radius 1 is 1.29 bits per heavy atom. The molecule has 2 aliphatic rings. The maximum absolute atomic E-state index is 12.0. The number of nitrogens with one attached hydrogen (secondary N) is 3. The molecule has 2 fully saturated rings. The van der Waals surface area contributed by atoms with E-state index < -0.39 is 6.10 Å². The molecular weight excluding hydrogens is 272 g/mol. The van der Waals surface area contributed by atoms with Crippen molar-refractivity contribution >= 4 is 23.3 Å². The summed E-state index contributed by atoms with van der Waals surface area (Å²) in [7, 11) is 0. The Labute approximate surface area is 122 Å². The number of ether oxygens (including phenoxy) is 1. The van der Waals surface area contributed by atoms with Crippen LogP contribution in [0.25, 0.3) is 0 Å². The van der Waals surface area contributed by atoms with Crippen LogP contribution in [0.4, 0.5) is 16.2 Å². The lowest BCUT2D eigenvalue weighted by atomic mass is 10.2. The zero-order chi connectivity index (χ0) is 14.7. The first kappa shape index (κ1) is 13.8. The summed E-state index contributed by atoms with van der Waals surface area (Å²) in [6.45, 7) is 3.16. The molecule has 1 aromatic rings. The minimum Gasteiger partial charge on any atom is -0.366 e. The van der Waals surface area contributed by atoms with Crippen LogP contribution in [-0.2, 0) is 9.53 Å². The van der Waals surface area contributed by atoms with Gasteiger partial charge in [-0.15, -0.1) is 0 Å². The zero-order valence-electron chi connectivity index (χ0n) is 11.6. The molecule has 2 aliphatic heterocycles. The molecule has 0 spiro atoms. The Hall–Kier alpha value is -2.12. The van der Waals surface area contributed by atoms with Crippen LogP contribution in [0.15, 0.2) is 24.3 Å². The van der Waals surface area contributed by atoms with Crippen LogP contribution in [0.2, 0.25) is 0 Å². The van der Waals surface area contributed by atoms with Crippen molar-refractivity contribution in [3.63, 3.8) is 0 Å². The number of morpholine rings is 1. The minimum absolute atomic E-state index is 0.0894. The van der Waals surface area contributed by atoms with Gasteiger partial charge in [0.2, 0.25) is 0 Å². The van der Waals surface area contributed by atoms with Gasteiger partial charge in [-0.3, -0.25) is 9.69 Å². The Balaban J connectivity index is 1.61. The van der Waals surface area contributed by atoms with E-state index in [2.05, 4.69) is 16.0 Å². The van der Waals surface area contributed by atoms with Crippen molar-refractivity contribution in [3.8, 4) is 0 Å². The molecule has 0 saturated carbocycles. The number of hydrogen-bond donors (Lipinski definition) is 3. The molecule has 1 atom stereocenters. The largest absolute Gasteiger partial charge is 0.366 e. The van der Waals surface area contributed by atoms with Gasteiger partial charge in [-0.1, -0.05) is 0 Å². The van der Waals surface area contributed by atoms with E-state index in [0.717, 1.165) is 12.2 Å². The third-order valence-electron chi connectivity index (χ3n) is 3.52. The molecule has 0 bridgehead atoms. The molecule has 1 aromatic carbocycles. The summed E-state index contributed by atoms with van der Waals surface area (Å²) < 4.78 is 5.40. The Bertz CT molecular complexity index is 526. The van der Waals surface area contributed by atoms with Crippen molar-refractivity contribution < 1.29 is 14.3 Å². The second-order valence-electron chi connectivity index (χ2n) is 4.98. The number of amides is 3. The van der Waals surface area contributed by atoms with Crippen LogP contribution in [0, 0.1) is 0 Å². The van der Waals surface area contributed by atoms with E-state index in [-0.39, 0.29) is 11.9 Å². The fourth-order valence-corrected chi connectivity index (χ4v) is 2.40. The predicted octanol–water partition coefficient (Wildman–Crippen LogP) is 0.143. The molecule has 2 heterocycles. The summed E-state index contributed by atoms with van der Waals surface area (Å²) >= 11 is 0. The Kier molecular flexibility index (Phi) is 4.03. The van der Waals surface area contributed by atoms with Crippen LogP contribution in [0.3, 0.4) is 0 Å². The monoisotopic (exact) mass is 290 g/mol. The number of rotatable bonds is 3. The third kappa shape index (κ3) is 3.14. The highest BCUT2D eigenvalue weighted by atomic mass is 16.5. The number of carbonyl (C=O) groups is 2. The van der Waals surface area contributed by atoms with Crippen LogP contribution < -0.4 is 20.9 Å². The number of benzene rings is 1. The first-order chi connectivity index (χ1) is 10.2. The van der Waals surface area contributed by atoms with E-state index in [0.29, 0.717) is 31.9 Å². The SMILES string of the molecule is O=C(Nc1ccc(N2CCNC2=O)cc1)C1CNCCO1. The van der Waals surface area contributed by atoms with Gasteiger partial charge in [0.15, 0.2) is 0 Å². The van der Waals surface area contributed by atoms with Crippen LogP contribution in [0.1, 0.15) is 0 Å². The van der Waals surface area contributed by atoms with Gasteiger partial charge in [0.1, 0.15) is 6.10 Å². The second kappa shape index (κ2) is 6.11. The van der Waals surface area contributed by atoms with Crippen molar-refractivity contribution in [2.24, 2.45) is 0 Å². The quantitative estimate of drug-likeness (QED) is 0.739. The molecule has 21 heavy (non-hydrogen) atoms. The van der Waals surface area contributed by atoms with E-state index in [1.54, 1.807) is 17.0 Å². The van der Waals surface area contributed by atoms with E-state index >= 15 is 0 Å². The lowest BCUT2D eigenvalue weighted by Gasteiger charge is -2.22. The highest BCUT2D eigenvalue weighted by molar-refractivity contribution is 5.96. The summed E-state index contributed by atoms with van der Waals surface area (Å²) in [5.74, 6) is -0.158. The average molecular weight is 290 g/mol. The standard InChI is InChI=1S/C14H18N4O3/c19-13(12-9-15-6-8-21-12)17-10-1-3-11(4-2-10)18-7-5-16-14(18)20/h1-4,12,15H,5-9H2,(H,16,20)(H,17,19). The average Bonchev–Trinajstić information content (AvgIpc) is 2.95. The summed E-state index contributed by atoms with van der Waals surface area (Å²) in [6, 6.07) is 7.12. The smallest absolute Gasteiger partial charge is 0.321 e. The van der Waals surface area contributed by atoms with Crippen molar-refractivity contribution in [2.45, 2.75) is 6.10 Å². The molecule has 0 radical (unpaired) electrons. The highest BCUT2D eigenvalue weighted by Crippen LogP contribution is 2.19. The number of anilines is 2. The van der Waals surface area contributed by atoms with E-state index in [1.165, 1.54) is 0 Å². The summed E-state index contributed by atoms with van der Waals surface area (Å²) in [5, 5.41) is 8.68. The summed E-state index contributed by atoms with van der Waals surface area (Å²) in [6.07, 6.45) is -0.456. The summed E-state index contributed by atoms with van der Waals surface area (Å²) in [5.41, 5.74) is 1.51. The van der Waals surface area contributed by atoms with Gasteiger partial charge < -0.3 is 20.7 Å². The van der Waals surface area contributed by atoms with Gasteiger partial charge >= 0.3 is 6.03 Å². The van der Waals surface area contributed by atoms with Gasteiger partial charge in [-0.05, 0) is 24.3 Å².